The fraction of sp³-hybridized carbons (Fsp3) is 0.481. The first-order chi connectivity index (χ1) is 17.8. The van der Waals surface area contributed by atoms with Gasteiger partial charge < -0.3 is 19.6 Å². The Labute approximate surface area is 224 Å². The van der Waals surface area contributed by atoms with Gasteiger partial charge in [0.05, 0.1) is 17.2 Å². The molecule has 1 N–H and O–H groups in total. The first-order valence-corrected chi connectivity index (χ1v) is 12.7. The second-order valence-electron chi connectivity index (χ2n) is 9.64. The van der Waals surface area contributed by atoms with Gasteiger partial charge in [-0.15, -0.1) is 0 Å². The van der Waals surface area contributed by atoms with Crippen LogP contribution < -0.4 is 4.74 Å². The summed E-state index contributed by atoms with van der Waals surface area (Å²) in [5, 5.41) is 10.8. The van der Waals surface area contributed by atoms with Crippen LogP contribution in [0.1, 0.15) is 48.0 Å². The first-order valence-electron chi connectivity index (χ1n) is 12.3. The quantitative estimate of drug-likeness (QED) is 0.330. The summed E-state index contributed by atoms with van der Waals surface area (Å²) in [5.41, 5.74) is -4.25. The third-order valence-corrected chi connectivity index (χ3v) is 7.03. The van der Waals surface area contributed by atoms with E-state index in [0.29, 0.717) is 41.9 Å². The summed E-state index contributed by atoms with van der Waals surface area (Å²) in [6.45, 7) is 0.579. The Morgan fingerprint density at radius 2 is 1.79 bits per heavy atom. The summed E-state index contributed by atoms with van der Waals surface area (Å²) in [7, 11) is 3.28. The van der Waals surface area contributed by atoms with Crippen molar-refractivity contribution in [1.29, 1.82) is 0 Å². The number of carbonyl (C=O) groups excluding carboxylic acids is 2. The van der Waals surface area contributed by atoms with Crippen LogP contribution in [0.25, 0.3) is 0 Å². The molecule has 1 heterocycles. The van der Waals surface area contributed by atoms with Crippen LogP contribution in [0.2, 0.25) is 5.02 Å². The number of ether oxygens (including phenoxy) is 1. The highest BCUT2D eigenvalue weighted by Gasteiger charge is 2.62. The monoisotopic (exact) mass is 558 g/mol. The van der Waals surface area contributed by atoms with E-state index < -0.39 is 29.1 Å². The number of hydrogen-bond acceptors (Lipinski definition) is 4. The largest absolute Gasteiger partial charge is 0.494 e. The van der Waals surface area contributed by atoms with Crippen LogP contribution in [-0.2, 0) is 10.4 Å². The number of amides is 2. The number of halogens is 5. The predicted octanol–water partition coefficient (Wildman–Crippen LogP) is 5.42. The third-order valence-electron chi connectivity index (χ3n) is 6.72. The van der Waals surface area contributed by atoms with Gasteiger partial charge in [-0.05, 0) is 61.9 Å². The van der Waals surface area contributed by atoms with Gasteiger partial charge in [-0.2, -0.15) is 13.2 Å². The van der Waals surface area contributed by atoms with Gasteiger partial charge >= 0.3 is 6.18 Å². The lowest BCUT2D eigenvalue weighted by atomic mass is 9.88. The molecule has 1 saturated heterocycles. The molecule has 6 nitrogen and oxygen atoms in total. The Bertz CT molecular complexity index is 1140. The Hall–Kier alpha value is -2.85. The standard InChI is InChI=1S/C27H31ClF4N2O4/c1-33(2)24(35)22-10-9-21(17-23(22)28)38-15-4-3-6-18-11-13-34(14-12-18)25(36)26(37,27(30,31)32)19-7-5-8-20(29)16-19/h5,7-10,16-18,37H,3-4,6,11-15H2,1-2H3/t26-/m1/s1. The molecule has 0 bridgehead atoms. The summed E-state index contributed by atoms with van der Waals surface area (Å²) in [6, 6.07) is 8.29. The zero-order valence-corrected chi connectivity index (χ0v) is 22.0. The van der Waals surface area contributed by atoms with E-state index in [0.717, 1.165) is 42.4 Å². The lowest BCUT2D eigenvalue weighted by Crippen LogP contribution is -2.57. The van der Waals surface area contributed by atoms with Crippen molar-refractivity contribution in [2.24, 2.45) is 5.92 Å². The highest BCUT2D eigenvalue weighted by molar-refractivity contribution is 6.34. The maximum Gasteiger partial charge on any atom is 0.430 e. The summed E-state index contributed by atoms with van der Waals surface area (Å²) >= 11 is 6.19. The molecule has 0 aromatic heterocycles. The molecule has 0 unspecified atom stereocenters. The van der Waals surface area contributed by atoms with E-state index in [4.69, 9.17) is 16.3 Å². The number of unbranched alkanes of at least 4 members (excludes halogenated alkanes) is 1. The van der Waals surface area contributed by atoms with E-state index in [-0.39, 0.29) is 24.9 Å². The van der Waals surface area contributed by atoms with Crippen LogP contribution in [-0.4, -0.2) is 66.7 Å². The zero-order valence-electron chi connectivity index (χ0n) is 21.2. The second-order valence-corrected chi connectivity index (χ2v) is 10.0. The van der Waals surface area contributed by atoms with E-state index in [9.17, 15) is 32.3 Å². The van der Waals surface area contributed by atoms with Crippen LogP contribution >= 0.6 is 11.6 Å². The fourth-order valence-electron chi connectivity index (χ4n) is 4.50. The Kier molecular flexibility index (Phi) is 9.64. The number of piperidine rings is 1. The number of carbonyl (C=O) groups is 2. The molecule has 2 aromatic carbocycles. The van der Waals surface area contributed by atoms with Gasteiger partial charge in [0.15, 0.2) is 0 Å². The average Bonchev–Trinajstić information content (AvgIpc) is 2.87. The minimum atomic E-state index is -5.30. The maximum absolute atomic E-state index is 13.8. The van der Waals surface area contributed by atoms with Gasteiger partial charge in [0, 0.05) is 32.7 Å². The summed E-state index contributed by atoms with van der Waals surface area (Å²) in [4.78, 5) is 27.3. The van der Waals surface area contributed by atoms with E-state index in [1.807, 2.05) is 0 Å². The molecule has 2 aromatic rings. The Balaban J connectivity index is 1.46. The number of nitrogens with zero attached hydrogens (tertiary/aromatic N) is 2. The third kappa shape index (κ3) is 6.77. The van der Waals surface area contributed by atoms with Crippen LogP contribution in [0.3, 0.4) is 0 Å². The molecule has 1 aliphatic heterocycles. The molecule has 1 aliphatic rings. The normalized spacial score (nSPS) is 16.2. The number of benzene rings is 2. The lowest BCUT2D eigenvalue weighted by molar-refractivity contribution is -0.262. The van der Waals surface area contributed by atoms with Crippen LogP contribution in [0.5, 0.6) is 5.75 Å². The average molecular weight is 559 g/mol. The van der Waals surface area contributed by atoms with Crippen molar-refractivity contribution in [3.8, 4) is 5.75 Å². The van der Waals surface area contributed by atoms with Crippen molar-refractivity contribution in [2.45, 2.75) is 43.9 Å². The molecule has 1 fully saturated rings. The molecule has 0 saturated carbocycles. The molecule has 0 aliphatic carbocycles. The number of rotatable bonds is 9. The SMILES string of the molecule is CN(C)C(=O)c1ccc(OCCCCC2CCN(C(=O)[C@](O)(c3cccc(F)c3)C(F)(F)F)CC2)cc1Cl. The summed E-state index contributed by atoms with van der Waals surface area (Å²) in [5.74, 6) is -1.89. The van der Waals surface area contributed by atoms with Gasteiger partial charge in [-0.1, -0.05) is 30.2 Å². The first kappa shape index (κ1) is 29.7. The van der Waals surface area contributed by atoms with Crippen molar-refractivity contribution >= 4 is 23.4 Å². The van der Waals surface area contributed by atoms with E-state index >= 15 is 0 Å². The van der Waals surface area contributed by atoms with Crippen molar-refractivity contribution in [3.05, 3.63) is 64.4 Å². The molecule has 0 radical (unpaired) electrons. The van der Waals surface area contributed by atoms with E-state index in [1.54, 1.807) is 32.3 Å². The zero-order chi connectivity index (χ0) is 28.1. The maximum atomic E-state index is 13.8. The van der Waals surface area contributed by atoms with Crippen molar-refractivity contribution in [2.75, 3.05) is 33.8 Å². The highest BCUT2D eigenvalue weighted by atomic mass is 35.5. The number of likely N-dealkylation sites (tertiary alicyclic amines) is 1. The molecular weight excluding hydrogens is 528 g/mol. The van der Waals surface area contributed by atoms with Gasteiger partial charge in [-0.3, -0.25) is 9.59 Å². The number of hydrogen-bond donors (Lipinski definition) is 1. The lowest BCUT2D eigenvalue weighted by Gasteiger charge is -2.38. The molecular formula is C27H31ClF4N2O4. The van der Waals surface area contributed by atoms with Crippen LogP contribution in [0, 0.1) is 11.7 Å². The molecule has 3 rings (SSSR count). The topological polar surface area (TPSA) is 70.1 Å². The fourth-order valence-corrected chi connectivity index (χ4v) is 4.75. The van der Waals surface area contributed by atoms with Gasteiger partial charge in [0.2, 0.25) is 0 Å². The van der Waals surface area contributed by atoms with Gasteiger partial charge in [0.25, 0.3) is 17.4 Å². The Morgan fingerprint density at radius 3 is 2.37 bits per heavy atom. The minimum Gasteiger partial charge on any atom is -0.494 e. The molecule has 0 spiro atoms. The van der Waals surface area contributed by atoms with Crippen molar-refractivity contribution in [1.82, 2.24) is 9.80 Å². The second kappa shape index (κ2) is 12.3. The molecule has 208 valence electrons. The van der Waals surface area contributed by atoms with Crippen LogP contribution in [0.15, 0.2) is 42.5 Å². The summed E-state index contributed by atoms with van der Waals surface area (Å²) < 4.78 is 60.7. The molecule has 38 heavy (non-hydrogen) atoms. The van der Waals surface area contributed by atoms with E-state index in [1.165, 1.54) is 4.90 Å². The Morgan fingerprint density at radius 1 is 1.11 bits per heavy atom. The van der Waals surface area contributed by atoms with Crippen molar-refractivity contribution < 1.29 is 37.0 Å². The molecule has 11 heteroatoms. The smallest absolute Gasteiger partial charge is 0.430 e. The summed E-state index contributed by atoms with van der Waals surface area (Å²) in [6.07, 6.45) is -1.93. The highest BCUT2D eigenvalue weighted by Crippen LogP contribution is 2.41. The van der Waals surface area contributed by atoms with Gasteiger partial charge in [-0.25, -0.2) is 4.39 Å². The van der Waals surface area contributed by atoms with Gasteiger partial charge in [0.1, 0.15) is 11.6 Å². The number of alkyl halides is 3. The molecule has 1 atom stereocenters. The minimum absolute atomic E-state index is 0.0736. The van der Waals surface area contributed by atoms with Crippen molar-refractivity contribution in [3.63, 3.8) is 0 Å². The molecule has 2 amide bonds. The predicted molar refractivity (Wildman–Crippen MR) is 134 cm³/mol. The number of aliphatic hydroxyl groups is 1. The van der Waals surface area contributed by atoms with Crippen LogP contribution in [0.4, 0.5) is 17.6 Å². The van der Waals surface area contributed by atoms with E-state index in [2.05, 4.69) is 0 Å².